The smallest absolute Gasteiger partial charge is 0.343 e. The molecule has 0 saturated heterocycles. The fraction of sp³-hybridized carbons (Fsp3) is 0.333. The van der Waals surface area contributed by atoms with Crippen molar-refractivity contribution in [1.82, 2.24) is 4.98 Å². The second-order valence-corrected chi connectivity index (χ2v) is 3.87. The zero-order chi connectivity index (χ0) is 12.3. The monoisotopic (exact) mass is 343 g/mol. The van der Waals surface area contributed by atoms with Gasteiger partial charge in [0.15, 0.2) is 0 Å². The molecule has 1 aromatic rings. The van der Waals surface area contributed by atoms with Crippen molar-refractivity contribution >= 4 is 28.6 Å². The Balaban J connectivity index is 3.32. The molecule has 7 heteroatoms. The van der Waals surface area contributed by atoms with Gasteiger partial charge in [0.2, 0.25) is 5.88 Å². The molecule has 16 heavy (non-hydrogen) atoms. The number of carbonyl (C=O) groups is 1. The van der Waals surface area contributed by atoms with E-state index in [9.17, 15) is 13.6 Å². The van der Waals surface area contributed by atoms with Crippen molar-refractivity contribution in [3.8, 4) is 5.88 Å². The third kappa shape index (κ3) is 2.57. The Bertz CT molecular complexity index is 412. The highest BCUT2D eigenvalue weighted by atomic mass is 127. The van der Waals surface area contributed by atoms with Crippen LogP contribution in [0.3, 0.4) is 0 Å². The average Bonchev–Trinajstić information content (AvgIpc) is 2.27. The highest BCUT2D eigenvalue weighted by Crippen LogP contribution is 2.28. The van der Waals surface area contributed by atoms with Gasteiger partial charge in [-0.05, 0) is 28.7 Å². The normalized spacial score (nSPS) is 10.4. The van der Waals surface area contributed by atoms with Gasteiger partial charge in [-0.15, -0.1) is 0 Å². The Morgan fingerprint density at radius 3 is 2.56 bits per heavy atom. The number of nitrogens with zero attached hydrogens (tertiary/aromatic N) is 1. The van der Waals surface area contributed by atoms with Crippen LogP contribution in [-0.2, 0) is 4.74 Å². The molecule has 0 aromatic carbocycles. The first-order valence-corrected chi connectivity index (χ1v) is 5.20. The minimum absolute atomic E-state index is 0.0267. The lowest BCUT2D eigenvalue weighted by Gasteiger charge is -2.09. The number of rotatable bonds is 3. The van der Waals surface area contributed by atoms with Crippen molar-refractivity contribution in [3.63, 3.8) is 0 Å². The van der Waals surface area contributed by atoms with E-state index in [0.29, 0.717) is 0 Å². The predicted octanol–water partition coefficient (Wildman–Crippen LogP) is 2.42. The molecule has 1 rings (SSSR count). The van der Waals surface area contributed by atoms with Crippen LogP contribution in [0.5, 0.6) is 5.88 Å². The molecule has 1 heterocycles. The average molecular weight is 343 g/mol. The zero-order valence-corrected chi connectivity index (χ0v) is 10.6. The molecule has 0 saturated carbocycles. The number of methoxy groups -OCH3 is 2. The Kier molecular flexibility index (Phi) is 4.39. The molecule has 88 valence electrons. The number of esters is 1. The molecule has 0 aliphatic rings. The van der Waals surface area contributed by atoms with Gasteiger partial charge in [-0.1, -0.05) is 0 Å². The SMILES string of the molecule is COC(=O)c1cc(I)c(C(F)F)nc1OC. The van der Waals surface area contributed by atoms with Crippen molar-refractivity contribution in [2.45, 2.75) is 6.43 Å². The molecule has 0 unspecified atom stereocenters. The summed E-state index contributed by atoms with van der Waals surface area (Å²) in [4.78, 5) is 14.9. The first-order valence-electron chi connectivity index (χ1n) is 4.12. The Hall–Kier alpha value is -0.990. The van der Waals surface area contributed by atoms with Gasteiger partial charge in [0.05, 0.1) is 14.2 Å². The van der Waals surface area contributed by atoms with Crippen LogP contribution < -0.4 is 4.74 Å². The molecule has 0 radical (unpaired) electrons. The molecule has 0 N–H and O–H groups in total. The predicted molar refractivity (Wildman–Crippen MR) is 59.8 cm³/mol. The van der Waals surface area contributed by atoms with E-state index in [2.05, 4.69) is 9.72 Å². The summed E-state index contributed by atoms with van der Waals surface area (Å²) in [5.41, 5.74) is -0.385. The Morgan fingerprint density at radius 1 is 1.50 bits per heavy atom. The van der Waals surface area contributed by atoms with Crippen molar-refractivity contribution < 1.29 is 23.0 Å². The van der Waals surface area contributed by atoms with Gasteiger partial charge in [0.1, 0.15) is 11.3 Å². The second kappa shape index (κ2) is 5.37. The second-order valence-electron chi connectivity index (χ2n) is 2.70. The highest BCUT2D eigenvalue weighted by Gasteiger charge is 2.21. The zero-order valence-electron chi connectivity index (χ0n) is 8.46. The van der Waals surface area contributed by atoms with Gasteiger partial charge >= 0.3 is 5.97 Å². The summed E-state index contributed by atoms with van der Waals surface area (Å²) in [7, 11) is 2.44. The molecule has 4 nitrogen and oxygen atoms in total. The number of pyridine rings is 1. The molecule has 0 aliphatic heterocycles. The maximum Gasteiger partial charge on any atom is 0.343 e. The first kappa shape index (κ1) is 13.1. The maximum absolute atomic E-state index is 12.5. The first-order chi connectivity index (χ1) is 7.51. The summed E-state index contributed by atoms with van der Waals surface area (Å²) in [5.74, 6) is -0.842. The van der Waals surface area contributed by atoms with Gasteiger partial charge in [-0.3, -0.25) is 0 Å². The largest absolute Gasteiger partial charge is 0.480 e. The third-order valence-corrected chi connectivity index (χ3v) is 2.64. The van der Waals surface area contributed by atoms with E-state index in [0.717, 1.165) is 0 Å². The topological polar surface area (TPSA) is 48.4 Å². The quantitative estimate of drug-likeness (QED) is 0.625. The lowest BCUT2D eigenvalue weighted by atomic mass is 10.2. The van der Waals surface area contributed by atoms with Crippen molar-refractivity contribution in [1.29, 1.82) is 0 Å². The number of ether oxygens (including phenoxy) is 2. The van der Waals surface area contributed by atoms with Crippen LogP contribution in [0.4, 0.5) is 8.78 Å². The maximum atomic E-state index is 12.5. The number of alkyl halides is 2. The van der Waals surface area contributed by atoms with Crippen LogP contribution in [-0.4, -0.2) is 25.2 Å². The van der Waals surface area contributed by atoms with E-state index in [1.165, 1.54) is 20.3 Å². The van der Waals surface area contributed by atoms with Gasteiger partial charge in [-0.2, -0.15) is 0 Å². The minimum atomic E-state index is -2.72. The minimum Gasteiger partial charge on any atom is -0.480 e. The molecule has 0 atom stereocenters. The van der Waals surface area contributed by atoms with E-state index in [1.807, 2.05) is 0 Å². The summed E-state index contributed by atoms with van der Waals surface area (Å²) in [6.07, 6.45) is -2.72. The molecule has 0 fully saturated rings. The summed E-state index contributed by atoms with van der Waals surface area (Å²) in [6, 6.07) is 1.26. The molecule has 0 spiro atoms. The van der Waals surface area contributed by atoms with E-state index in [-0.39, 0.29) is 15.0 Å². The molecule has 0 bridgehead atoms. The van der Waals surface area contributed by atoms with Crippen LogP contribution in [0, 0.1) is 3.57 Å². The Morgan fingerprint density at radius 2 is 2.12 bits per heavy atom. The fourth-order valence-electron chi connectivity index (χ4n) is 1.05. The van der Waals surface area contributed by atoms with Crippen molar-refractivity contribution in [2.75, 3.05) is 14.2 Å². The highest BCUT2D eigenvalue weighted by molar-refractivity contribution is 14.1. The van der Waals surface area contributed by atoms with E-state index >= 15 is 0 Å². The van der Waals surface area contributed by atoms with Crippen LogP contribution in [0.2, 0.25) is 0 Å². The number of halogens is 3. The van der Waals surface area contributed by atoms with Crippen molar-refractivity contribution in [2.24, 2.45) is 0 Å². The van der Waals surface area contributed by atoms with Crippen LogP contribution >= 0.6 is 22.6 Å². The van der Waals surface area contributed by atoms with E-state index in [4.69, 9.17) is 4.74 Å². The summed E-state index contributed by atoms with van der Waals surface area (Å²) >= 11 is 1.68. The van der Waals surface area contributed by atoms with Gasteiger partial charge in [-0.25, -0.2) is 18.6 Å². The standard InChI is InChI=1S/C9H8F2INO3/c1-15-8-4(9(14)16-2)3-5(12)6(13-8)7(10)11/h3,7H,1-2H3. The lowest BCUT2D eigenvalue weighted by Crippen LogP contribution is -2.08. The van der Waals surface area contributed by atoms with Crippen LogP contribution in [0.1, 0.15) is 22.5 Å². The lowest BCUT2D eigenvalue weighted by molar-refractivity contribution is 0.0595. The number of hydrogen-bond donors (Lipinski definition) is 0. The third-order valence-electron chi connectivity index (χ3n) is 1.77. The van der Waals surface area contributed by atoms with Crippen LogP contribution in [0.25, 0.3) is 0 Å². The van der Waals surface area contributed by atoms with Gasteiger partial charge in [0.25, 0.3) is 6.43 Å². The molecular formula is C9H8F2INO3. The number of aromatic nitrogens is 1. The molecule has 0 amide bonds. The number of carbonyl (C=O) groups excluding carboxylic acids is 1. The van der Waals surface area contributed by atoms with Gasteiger partial charge in [0, 0.05) is 3.57 Å². The van der Waals surface area contributed by atoms with E-state index in [1.54, 1.807) is 22.6 Å². The summed E-state index contributed by atoms with van der Waals surface area (Å²) < 4.78 is 34.5. The Labute approximate surface area is 104 Å². The summed E-state index contributed by atoms with van der Waals surface area (Å²) in [5, 5.41) is 0. The van der Waals surface area contributed by atoms with E-state index < -0.39 is 18.1 Å². The fourth-order valence-corrected chi connectivity index (χ4v) is 1.72. The number of hydrogen-bond acceptors (Lipinski definition) is 4. The molecular weight excluding hydrogens is 335 g/mol. The molecule has 0 aliphatic carbocycles. The molecule has 1 aromatic heterocycles. The summed E-state index contributed by atoms with van der Waals surface area (Å²) in [6.45, 7) is 0. The van der Waals surface area contributed by atoms with Gasteiger partial charge < -0.3 is 9.47 Å². The van der Waals surface area contributed by atoms with Crippen LogP contribution in [0.15, 0.2) is 6.07 Å². The van der Waals surface area contributed by atoms with Crippen molar-refractivity contribution in [3.05, 3.63) is 20.9 Å².